The molecule has 0 unspecified atom stereocenters. The average Bonchev–Trinajstić information content (AvgIpc) is 3.12. The van der Waals surface area contributed by atoms with Crippen molar-refractivity contribution in [2.75, 3.05) is 31.6 Å². The quantitative estimate of drug-likeness (QED) is 0.0476. The van der Waals surface area contributed by atoms with Gasteiger partial charge in [0.25, 0.3) is 0 Å². The lowest BCUT2D eigenvalue weighted by Gasteiger charge is -2.29. The normalized spacial score (nSPS) is 14.6. The van der Waals surface area contributed by atoms with Crippen molar-refractivity contribution < 1.29 is 19.1 Å². The number of hydrogen-bond donors (Lipinski definition) is 0. The van der Waals surface area contributed by atoms with E-state index in [-0.39, 0.29) is 28.8 Å². The average molecular weight is 782 g/mol. The van der Waals surface area contributed by atoms with Gasteiger partial charge in [0.2, 0.25) is 0 Å². The highest BCUT2D eigenvalue weighted by Gasteiger charge is 2.29. The van der Waals surface area contributed by atoms with E-state index in [0.29, 0.717) is 10.2 Å². The van der Waals surface area contributed by atoms with Gasteiger partial charge in [0.05, 0.1) is 5.92 Å². The van der Waals surface area contributed by atoms with E-state index in [1.807, 2.05) is 0 Å². The van der Waals surface area contributed by atoms with Crippen LogP contribution in [0.2, 0.25) is 0 Å². The summed E-state index contributed by atoms with van der Waals surface area (Å²) in [5, 5.41) is 0.690. The Bertz CT molecular complexity index is 874. The summed E-state index contributed by atoms with van der Waals surface area (Å²) in [7, 11) is 2.13. The van der Waals surface area contributed by atoms with E-state index in [4.69, 9.17) is 4.74 Å². The van der Waals surface area contributed by atoms with E-state index < -0.39 is 0 Å². The van der Waals surface area contributed by atoms with Crippen molar-refractivity contribution in [1.82, 2.24) is 4.90 Å². The van der Waals surface area contributed by atoms with Gasteiger partial charge in [-0.2, -0.15) is 0 Å². The van der Waals surface area contributed by atoms with E-state index in [2.05, 4.69) is 53.5 Å². The molecule has 1 aliphatic heterocycles. The molecule has 0 atom stereocenters. The molecule has 0 radical (unpaired) electrons. The fraction of sp³-hybridized carbons (Fsp3) is 0.935. The Kier molecular flexibility index (Phi) is 30.0. The molecule has 1 fully saturated rings. The molecule has 0 saturated carbocycles. The SMILES string of the molecule is CCCCCCCCCCSC(=O)C(C)(C)CCCCCC(CCCCCC(C)(C)C(=O)SCCCCCCCCCC)OC(=O)C1CCN(C)CC1. The summed E-state index contributed by atoms with van der Waals surface area (Å²) in [5.74, 6) is 1.93. The van der Waals surface area contributed by atoms with Gasteiger partial charge in [0.1, 0.15) is 6.10 Å². The lowest BCUT2D eigenvalue weighted by Crippen LogP contribution is -2.35. The molecule has 0 aromatic carbocycles. The number of thioether (sulfide) groups is 2. The van der Waals surface area contributed by atoms with Gasteiger partial charge in [-0.05, 0) is 84.3 Å². The predicted molar refractivity (Wildman–Crippen MR) is 234 cm³/mol. The molecule has 5 nitrogen and oxygen atoms in total. The van der Waals surface area contributed by atoms with Crippen LogP contribution in [0.1, 0.15) is 221 Å². The number of esters is 1. The third kappa shape index (κ3) is 26.1. The largest absolute Gasteiger partial charge is 0.462 e. The van der Waals surface area contributed by atoms with Crippen LogP contribution in [-0.4, -0.2) is 58.8 Å². The Morgan fingerprint density at radius 3 is 1.32 bits per heavy atom. The van der Waals surface area contributed by atoms with Gasteiger partial charge in [-0.3, -0.25) is 14.4 Å². The van der Waals surface area contributed by atoms with E-state index in [9.17, 15) is 14.4 Å². The first kappa shape index (κ1) is 50.5. The third-order valence-corrected chi connectivity index (χ3v) is 14.2. The van der Waals surface area contributed by atoms with E-state index in [1.165, 1.54) is 89.9 Å². The molecular formula is C46H87NO4S2. The zero-order valence-corrected chi connectivity index (χ0v) is 37.8. The van der Waals surface area contributed by atoms with Crippen LogP contribution in [0.4, 0.5) is 0 Å². The second kappa shape index (κ2) is 31.5. The summed E-state index contributed by atoms with van der Waals surface area (Å²) in [5.41, 5.74) is -0.571. The van der Waals surface area contributed by atoms with Gasteiger partial charge in [-0.15, -0.1) is 0 Å². The molecule has 1 heterocycles. The number of likely N-dealkylation sites (tertiary alicyclic amines) is 1. The predicted octanol–water partition coefficient (Wildman–Crippen LogP) is 14.0. The summed E-state index contributed by atoms with van der Waals surface area (Å²) < 4.78 is 6.22. The molecular weight excluding hydrogens is 695 g/mol. The lowest BCUT2D eigenvalue weighted by molar-refractivity contribution is -0.156. The molecule has 1 aliphatic rings. The molecule has 0 aliphatic carbocycles. The Labute approximate surface area is 338 Å². The minimum absolute atomic E-state index is 0.00333. The Morgan fingerprint density at radius 2 is 0.925 bits per heavy atom. The van der Waals surface area contributed by atoms with Crippen LogP contribution in [0, 0.1) is 16.7 Å². The monoisotopic (exact) mass is 782 g/mol. The standard InChI is InChI=1S/C46H87NO4S2/c1-8-10-12-14-16-18-20-28-38-52-43(49)45(3,4)34-26-22-24-30-41(51-42(48)40-32-36-47(7)37-33-40)31-25-23-27-35-46(5,6)44(50)53-39-29-21-19-17-15-13-11-9-2/h40-41H,8-39H2,1-7H3. The first-order valence-corrected chi connectivity index (χ1v) is 24.6. The summed E-state index contributed by atoms with van der Waals surface area (Å²) in [6.45, 7) is 14.9. The lowest BCUT2D eigenvalue weighted by atomic mass is 9.87. The molecule has 312 valence electrons. The highest BCUT2D eigenvalue weighted by Crippen LogP contribution is 2.33. The van der Waals surface area contributed by atoms with Crippen molar-refractivity contribution in [3.05, 3.63) is 0 Å². The first-order valence-electron chi connectivity index (χ1n) is 22.7. The number of hydrogen-bond acceptors (Lipinski definition) is 7. The van der Waals surface area contributed by atoms with Crippen LogP contribution in [0.25, 0.3) is 0 Å². The van der Waals surface area contributed by atoms with Crippen molar-refractivity contribution in [2.45, 2.75) is 227 Å². The molecule has 53 heavy (non-hydrogen) atoms. The Hall–Kier alpha value is -0.530. The fourth-order valence-corrected chi connectivity index (χ4v) is 9.45. The van der Waals surface area contributed by atoms with Gasteiger partial charge in [-0.1, -0.05) is 181 Å². The summed E-state index contributed by atoms with van der Waals surface area (Å²) in [6.07, 6.45) is 32.4. The smallest absolute Gasteiger partial charge is 0.309 e. The zero-order valence-electron chi connectivity index (χ0n) is 36.2. The maximum absolute atomic E-state index is 13.2. The van der Waals surface area contributed by atoms with Crippen molar-refractivity contribution in [3.8, 4) is 0 Å². The van der Waals surface area contributed by atoms with Crippen LogP contribution >= 0.6 is 23.5 Å². The molecule has 7 heteroatoms. The highest BCUT2D eigenvalue weighted by atomic mass is 32.2. The van der Waals surface area contributed by atoms with Gasteiger partial charge >= 0.3 is 5.97 Å². The molecule has 0 amide bonds. The topological polar surface area (TPSA) is 63.7 Å². The van der Waals surface area contributed by atoms with Crippen LogP contribution in [0.3, 0.4) is 0 Å². The number of unbranched alkanes of at least 4 members (excludes halogenated alkanes) is 18. The van der Waals surface area contributed by atoms with Crippen molar-refractivity contribution in [1.29, 1.82) is 0 Å². The number of carbonyl (C=O) groups is 3. The van der Waals surface area contributed by atoms with Crippen LogP contribution in [0.15, 0.2) is 0 Å². The number of nitrogens with zero attached hydrogens (tertiary/aromatic N) is 1. The Balaban J connectivity index is 2.40. The van der Waals surface area contributed by atoms with Crippen molar-refractivity contribution in [2.24, 2.45) is 16.7 Å². The minimum atomic E-state index is -0.286. The van der Waals surface area contributed by atoms with E-state index in [1.54, 1.807) is 23.5 Å². The van der Waals surface area contributed by atoms with Crippen molar-refractivity contribution >= 4 is 39.7 Å². The summed E-state index contributed by atoms with van der Waals surface area (Å²) >= 11 is 3.10. The molecule has 0 aromatic rings. The van der Waals surface area contributed by atoms with Gasteiger partial charge in [-0.25, -0.2) is 0 Å². The zero-order chi connectivity index (χ0) is 39.2. The number of ether oxygens (including phenoxy) is 1. The van der Waals surface area contributed by atoms with E-state index in [0.717, 1.165) is 114 Å². The van der Waals surface area contributed by atoms with Crippen LogP contribution in [0.5, 0.6) is 0 Å². The number of piperidine rings is 1. The number of rotatable bonds is 34. The molecule has 0 aromatic heterocycles. The molecule has 0 N–H and O–H groups in total. The molecule has 0 bridgehead atoms. The van der Waals surface area contributed by atoms with Crippen LogP contribution in [-0.2, 0) is 19.1 Å². The molecule has 1 rings (SSSR count). The summed E-state index contributed by atoms with van der Waals surface area (Å²) in [6, 6.07) is 0. The maximum Gasteiger partial charge on any atom is 0.309 e. The molecule has 1 saturated heterocycles. The van der Waals surface area contributed by atoms with Crippen molar-refractivity contribution in [3.63, 3.8) is 0 Å². The first-order chi connectivity index (χ1) is 25.4. The minimum Gasteiger partial charge on any atom is -0.462 e. The maximum atomic E-state index is 13.2. The fourth-order valence-electron chi connectivity index (χ4n) is 7.39. The number of carbonyl (C=O) groups excluding carboxylic acids is 3. The van der Waals surface area contributed by atoms with Gasteiger partial charge in [0.15, 0.2) is 10.2 Å². The second-order valence-corrected chi connectivity index (χ2v) is 20.0. The molecule has 0 spiro atoms. The van der Waals surface area contributed by atoms with E-state index >= 15 is 0 Å². The third-order valence-electron chi connectivity index (χ3n) is 11.6. The summed E-state index contributed by atoms with van der Waals surface area (Å²) in [4.78, 5) is 41.5. The van der Waals surface area contributed by atoms with Crippen LogP contribution < -0.4 is 0 Å². The highest BCUT2D eigenvalue weighted by molar-refractivity contribution is 8.14. The second-order valence-electron chi connectivity index (χ2n) is 17.8. The van der Waals surface area contributed by atoms with Gasteiger partial charge in [0, 0.05) is 22.3 Å². The van der Waals surface area contributed by atoms with Gasteiger partial charge < -0.3 is 9.64 Å². The Morgan fingerprint density at radius 1 is 0.566 bits per heavy atom.